The average molecular weight is 376 g/mol. The fourth-order valence-electron chi connectivity index (χ4n) is 3.08. The number of ether oxygens (including phenoxy) is 1. The minimum absolute atomic E-state index is 0.0506. The number of anilines is 1. The first-order valence-electron chi connectivity index (χ1n) is 8.73. The molecule has 0 saturated heterocycles. The van der Waals surface area contributed by atoms with Crippen molar-refractivity contribution < 1.29 is 9.66 Å². The van der Waals surface area contributed by atoms with E-state index in [1.54, 1.807) is 31.5 Å². The van der Waals surface area contributed by atoms with Crippen molar-refractivity contribution in [1.82, 2.24) is 4.98 Å². The molecule has 0 aliphatic heterocycles. The second-order valence-electron chi connectivity index (χ2n) is 6.63. The van der Waals surface area contributed by atoms with Gasteiger partial charge in [0.05, 0.1) is 22.6 Å². The molecule has 1 aromatic carbocycles. The molecule has 1 aromatic heterocycles. The molecular formula is C19H22ClN3O3. The van der Waals surface area contributed by atoms with Crippen LogP contribution >= 0.6 is 11.6 Å². The van der Waals surface area contributed by atoms with E-state index in [0.29, 0.717) is 28.4 Å². The van der Waals surface area contributed by atoms with Crippen molar-refractivity contribution in [3.63, 3.8) is 0 Å². The summed E-state index contributed by atoms with van der Waals surface area (Å²) < 4.78 is 5.26. The maximum atomic E-state index is 11.7. The summed E-state index contributed by atoms with van der Waals surface area (Å²) in [5.41, 5.74) is 1.85. The minimum atomic E-state index is -0.401. The normalized spacial score (nSPS) is 13.5. The predicted molar refractivity (Wildman–Crippen MR) is 103 cm³/mol. The maximum absolute atomic E-state index is 11.7. The van der Waals surface area contributed by atoms with Gasteiger partial charge in [-0.1, -0.05) is 24.4 Å². The van der Waals surface area contributed by atoms with Gasteiger partial charge < -0.3 is 10.1 Å². The van der Waals surface area contributed by atoms with E-state index in [1.807, 2.05) is 6.92 Å². The number of aryl methyl sites for hydroxylation is 1. The summed E-state index contributed by atoms with van der Waals surface area (Å²) in [6.07, 6.45) is 6.33. The SMILES string of the molecule is COc1cc(Cl)c(-c2ccnc(NCCCC3CC3)c2[N+](=O)[O-])cc1C. The van der Waals surface area contributed by atoms with Gasteiger partial charge in [-0.05, 0) is 49.4 Å². The molecule has 0 bridgehead atoms. The Labute approximate surface area is 157 Å². The van der Waals surface area contributed by atoms with Crippen molar-refractivity contribution in [2.45, 2.75) is 32.6 Å². The Balaban J connectivity index is 1.92. The van der Waals surface area contributed by atoms with E-state index in [1.165, 1.54) is 12.8 Å². The van der Waals surface area contributed by atoms with Crippen molar-refractivity contribution >= 4 is 23.1 Å². The van der Waals surface area contributed by atoms with Crippen LogP contribution in [0.1, 0.15) is 31.2 Å². The Morgan fingerprint density at radius 1 is 1.38 bits per heavy atom. The predicted octanol–water partition coefficient (Wildman–Crippen LogP) is 5.23. The van der Waals surface area contributed by atoms with Crippen LogP contribution in [0.25, 0.3) is 11.1 Å². The molecule has 1 saturated carbocycles. The fraction of sp³-hybridized carbons (Fsp3) is 0.421. The third-order valence-corrected chi connectivity index (χ3v) is 4.97. The van der Waals surface area contributed by atoms with Gasteiger partial charge in [-0.25, -0.2) is 4.98 Å². The van der Waals surface area contributed by atoms with Crippen LogP contribution in [-0.4, -0.2) is 23.6 Å². The summed E-state index contributed by atoms with van der Waals surface area (Å²) in [5, 5.41) is 15.3. The van der Waals surface area contributed by atoms with E-state index < -0.39 is 4.92 Å². The highest BCUT2D eigenvalue weighted by atomic mass is 35.5. The second-order valence-corrected chi connectivity index (χ2v) is 7.03. The molecule has 0 unspecified atom stereocenters. The number of benzene rings is 1. The molecule has 26 heavy (non-hydrogen) atoms. The molecular weight excluding hydrogens is 354 g/mol. The summed E-state index contributed by atoms with van der Waals surface area (Å²) >= 11 is 6.37. The Hall–Kier alpha value is -2.34. The number of nitrogens with zero attached hydrogens (tertiary/aromatic N) is 2. The Morgan fingerprint density at radius 2 is 2.15 bits per heavy atom. The third kappa shape index (κ3) is 4.07. The topological polar surface area (TPSA) is 77.3 Å². The van der Waals surface area contributed by atoms with Crippen LogP contribution in [0.15, 0.2) is 24.4 Å². The second kappa shape index (κ2) is 7.91. The van der Waals surface area contributed by atoms with Gasteiger partial charge in [0.2, 0.25) is 5.82 Å². The molecule has 1 aliphatic rings. The lowest BCUT2D eigenvalue weighted by Gasteiger charge is -2.12. The molecule has 6 nitrogen and oxygen atoms in total. The lowest BCUT2D eigenvalue weighted by atomic mass is 10.0. The third-order valence-electron chi connectivity index (χ3n) is 4.66. The van der Waals surface area contributed by atoms with Crippen molar-refractivity contribution in [1.29, 1.82) is 0 Å². The van der Waals surface area contributed by atoms with Crippen molar-refractivity contribution in [3.05, 3.63) is 45.1 Å². The van der Waals surface area contributed by atoms with E-state index >= 15 is 0 Å². The van der Waals surface area contributed by atoms with Gasteiger partial charge in [-0.3, -0.25) is 10.1 Å². The molecule has 1 fully saturated rings. The molecule has 0 spiro atoms. The van der Waals surface area contributed by atoms with Crippen molar-refractivity contribution in [3.8, 4) is 16.9 Å². The number of aromatic nitrogens is 1. The largest absolute Gasteiger partial charge is 0.496 e. The van der Waals surface area contributed by atoms with Gasteiger partial charge in [0.1, 0.15) is 5.75 Å². The van der Waals surface area contributed by atoms with Crippen molar-refractivity contribution in [2.24, 2.45) is 5.92 Å². The average Bonchev–Trinajstić information content (AvgIpc) is 3.44. The Morgan fingerprint density at radius 3 is 2.81 bits per heavy atom. The molecule has 2 aromatic rings. The lowest BCUT2D eigenvalue weighted by Crippen LogP contribution is -2.07. The van der Waals surface area contributed by atoms with E-state index in [2.05, 4.69) is 10.3 Å². The molecule has 1 N–H and O–H groups in total. The fourth-order valence-corrected chi connectivity index (χ4v) is 3.33. The summed E-state index contributed by atoms with van der Waals surface area (Å²) in [7, 11) is 1.57. The van der Waals surface area contributed by atoms with E-state index in [-0.39, 0.29) is 11.5 Å². The first-order valence-corrected chi connectivity index (χ1v) is 9.10. The zero-order valence-corrected chi connectivity index (χ0v) is 15.7. The molecule has 138 valence electrons. The van der Waals surface area contributed by atoms with Gasteiger partial charge in [-0.15, -0.1) is 0 Å². The number of rotatable bonds is 8. The van der Waals surface area contributed by atoms with E-state index in [9.17, 15) is 10.1 Å². The lowest BCUT2D eigenvalue weighted by molar-refractivity contribution is -0.383. The first kappa shape index (κ1) is 18.5. The van der Waals surface area contributed by atoms with Crippen LogP contribution in [0.2, 0.25) is 5.02 Å². The quantitative estimate of drug-likeness (QED) is 0.388. The van der Waals surface area contributed by atoms with E-state index in [0.717, 1.165) is 24.3 Å². The Kier molecular flexibility index (Phi) is 5.61. The van der Waals surface area contributed by atoms with Gasteiger partial charge >= 0.3 is 5.69 Å². The van der Waals surface area contributed by atoms with Crippen LogP contribution in [0.5, 0.6) is 5.75 Å². The number of nitrogens with one attached hydrogen (secondary N) is 1. The molecule has 7 heteroatoms. The summed E-state index contributed by atoms with van der Waals surface area (Å²) in [5.74, 6) is 1.77. The van der Waals surface area contributed by atoms with Crippen LogP contribution < -0.4 is 10.1 Å². The molecule has 0 amide bonds. The number of hydrogen-bond acceptors (Lipinski definition) is 5. The first-order chi connectivity index (χ1) is 12.5. The van der Waals surface area contributed by atoms with E-state index in [4.69, 9.17) is 16.3 Å². The number of halogens is 1. The Bertz CT molecular complexity index is 822. The van der Waals surface area contributed by atoms with Gasteiger partial charge in [0.25, 0.3) is 0 Å². The minimum Gasteiger partial charge on any atom is -0.496 e. The number of pyridine rings is 1. The summed E-state index contributed by atoms with van der Waals surface area (Å²) in [6.45, 7) is 2.55. The molecule has 0 atom stereocenters. The highest BCUT2D eigenvalue weighted by Crippen LogP contribution is 2.40. The number of hydrogen-bond donors (Lipinski definition) is 1. The van der Waals surface area contributed by atoms with Crippen LogP contribution in [0.3, 0.4) is 0 Å². The highest BCUT2D eigenvalue weighted by Gasteiger charge is 2.25. The molecule has 1 aliphatic carbocycles. The van der Waals surface area contributed by atoms with Crippen LogP contribution in [0, 0.1) is 23.0 Å². The summed E-state index contributed by atoms with van der Waals surface area (Å²) in [6, 6.07) is 5.11. The number of methoxy groups -OCH3 is 1. The highest BCUT2D eigenvalue weighted by molar-refractivity contribution is 6.33. The number of nitro groups is 1. The monoisotopic (exact) mass is 375 g/mol. The summed E-state index contributed by atoms with van der Waals surface area (Å²) in [4.78, 5) is 15.5. The molecule has 3 rings (SSSR count). The molecule has 1 heterocycles. The van der Waals surface area contributed by atoms with Gasteiger partial charge in [0.15, 0.2) is 0 Å². The van der Waals surface area contributed by atoms with Crippen molar-refractivity contribution in [2.75, 3.05) is 19.0 Å². The zero-order valence-electron chi connectivity index (χ0n) is 14.9. The zero-order chi connectivity index (χ0) is 18.7. The standard InChI is InChI=1S/C19H22ClN3O3/c1-12-10-15(16(20)11-17(12)26-2)14-7-9-22-19(18(14)23(24)25)21-8-3-4-13-5-6-13/h7,9-11,13H,3-6,8H2,1-2H3,(H,21,22). The van der Waals surface area contributed by atoms with Crippen LogP contribution in [0.4, 0.5) is 11.5 Å². The maximum Gasteiger partial charge on any atom is 0.319 e. The smallest absolute Gasteiger partial charge is 0.319 e. The molecule has 0 radical (unpaired) electrons. The van der Waals surface area contributed by atoms with Gasteiger partial charge in [0, 0.05) is 18.3 Å². The van der Waals surface area contributed by atoms with Gasteiger partial charge in [-0.2, -0.15) is 0 Å². The van der Waals surface area contributed by atoms with Crippen LogP contribution in [-0.2, 0) is 0 Å².